The van der Waals surface area contributed by atoms with Crippen LogP contribution in [-0.4, -0.2) is 60.4 Å². The molecule has 0 bridgehead atoms. The summed E-state index contributed by atoms with van der Waals surface area (Å²) in [6.45, 7) is 4.95. The highest BCUT2D eigenvalue weighted by molar-refractivity contribution is 6.33. The van der Waals surface area contributed by atoms with E-state index < -0.39 is 29.1 Å². The molecule has 216 valence electrons. The summed E-state index contributed by atoms with van der Waals surface area (Å²) < 4.78 is 40.2. The minimum absolute atomic E-state index is 0.193. The molecule has 2 heterocycles. The molecular formula is C29H29ClF3N5O3. The number of para-hydroxylation sites is 1. The first-order chi connectivity index (χ1) is 19.5. The van der Waals surface area contributed by atoms with Crippen LogP contribution in [0, 0.1) is 11.3 Å². The number of unbranched alkanes of at least 4 members (excludes halogenated alkanes) is 2. The van der Waals surface area contributed by atoms with Gasteiger partial charge in [0.15, 0.2) is 0 Å². The normalized spacial score (nSPS) is 16.4. The van der Waals surface area contributed by atoms with Crippen molar-refractivity contribution in [3.63, 3.8) is 0 Å². The van der Waals surface area contributed by atoms with Gasteiger partial charge in [0.2, 0.25) is 0 Å². The number of halogens is 4. The summed E-state index contributed by atoms with van der Waals surface area (Å²) >= 11 is 6.11. The Morgan fingerprint density at radius 1 is 1.02 bits per heavy atom. The molecule has 41 heavy (non-hydrogen) atoms. The zero-order valence-electron chi connectivity index (χ0n) is 22.4. The van der Waals surface area contributed by atoms with Gasteiger partial charge in [0.25, 0.3) is 11.8 Å². The van der Waals surface area contributed by atoms with E-state index >= 15 is 0 Å². The Morgan fingerprint density at radius 2 is 1.73 bits per heavy atom. The van der Waals surface area contributed by atoms with Crippen molar-refractivity contribution in [1.82, 2.24) is 9.80 Å². The van der Waals surface area contributed by atoms with E-state index in [9.17, 15) is 27.6 Å². The molecule has 12 heteroatoms. The molecule has 1 saturated heterocycles. The standard InChI is InChI=1S/C29H29ClF3N5O3/c1-19-22(27(40)38(26(19)39)21-11-10-20(18-34)23(17-21)29(31,32)33)7-3-2-6-12-36-13-15-37(16-14-36)28(41)35-25-9-5-4-8-24(25)30/h4-5,8-11,17H,2-3,6-7,12-16H2,1H3,(H,35,41). The Hall–Kier alpha value is -3.88. The SMILES string of the molecule is CC1=C(CCCCCN2CCN(C(=O)Nc3ccccc3Cl)CC2)C(=O)N(c2ccc(C#N)c(C(F)(F)F)c2)C1=O. The Labute approximate surface area is 240 Å². The molecule has 8 nitrogen and oxygen atoms in total. The first-order valence-corrected chi connectivity index (χ1v) is 13.6. The van der Waals surface area contributed by atoms with Gasteiger partial charge in [0.05, 0.1) is 33.6 Å². The van der Waals surface area contributed by atoms with Crippen molar-refractivity contribution in [3.05, 3.63) is 69.8 Å². The second-order valence-corrected chi connectivity index (χ2v) is 10.3. The highest BCUT2D eigenvalue weighted by atomic mass is 35.5. The molecular weight excluding hydrogens is 559 g/mol. The van der Waals surface area contributed by atoms with Crippen LogP contribution in [0.3, 0.4) is 0 Å². The number of carbonyl (C=O) groups excluding carboxylic acids is 3. The molecule has 1 fully saturated rings. The molecule has 0 spiro atoms. The van der Waals surface area contributed by atoms with E-state index in [2.05, 4.69) is 10.2 Å². The third kappa shape index (κ3) is 6.89. The molecule has 4 rings (SSSR count). The number of alkyl halides is 3. The van der Waals surface area contributed by atoms with Crippen molar-refractivity contribution < 1.29 is 27.6 Å². The van der Waals surface area contributed by atoms with E-state index in [0.717, 1.165) is 43.4 Å². The number of urea groups is 1. The number of imide groups is 1. The number of hydrogen-bond donors (Lipinski definition) is 1. The van der Waals surface area contributed by atoms with Crippen molar-refractivity contribution >= 4 is 40.8 Å². The van der Waals surface area contributed by atoms with Crippen LogP contribution < -0.4 is 10.2 Å². The average molecular weight is 588 g/mol. The molecule has 2 aliphatic rings. The van der Waals surface area contributed by atoms with E-state index in [0.29, 0.717) is 48.3 Å². The van der Waals surface area contributed by atoms with Crippen LogP contribution in [0.2, 0.25) is 5.02 Å². The number of nitriles is 1. The lowest BCUT2D eigenvalue weighted by Crippen LogP contribution is -2.50. The van der Waals surface area contributed by atoms with Crippen molar-refractivity contribution in [2.24, 2.45) is 0 Å². The van der Waals surface area contributed by atoms with Gasteiger partial charge in [0.1, 0.15) is 0 Å². The molecule has 1 N–H and O–H groups in total. The fourth-order valence-electron chi connectivity index (χ4n) is 4.96. The second-order valence-electron chi connectivity index (χ2n) is 9.94. The maximum atomic E-state index is 13.4. The van der Waals surface area contributed by atoms with E-state index in [4.69, 9.17) is 16.9 Å². The summed E-state index contributed by atoms with van der Waals surface area (Å²) in [5.41, 5.74) is -0.885. The van der Waals surface area contributed by atoms with Gasteiger partial charge in [0, 0.05) is 37.3 Å². The summed E-state index contributed by atoms with van der Waals surface area (Å²) in [5.74, 6) is -1.28. The van der Waals surface area contributed by atoms with Gasteiger partial charge in [-0.3, -0.25) is 14.5 Å². The van der Waals surface area contributed by atoms with Crippen LogP contribution in [0.4, 0.5) is 29.3 Å². The fraction of sp³-hybridized carbons (Fsp3) is 0.379. The summed E-state index contributed by atoms with van der Waals surface area (Å²) in [7, 11) is 0. The Morgan fingerprint density at radius 3 is 2.39 bits per heavy atom. The maximum Gasteiger partial charge on any atom is 0.417 e. The van der Waals surface area contributed by atoms with Gasteiger partial charge >= 0.3 is 12.2 Å². The quantitative estimate of drug-likeness (QED) is 0.310. The lowest BCUT2D eigenvalue weighted by atomic mass is 10.0. The number of nitrogens with zero attached hydrogens (tertiary/aromatic N) is 4. The third-order valence-corrected chi connectivity index (χ3v) is 7.63. The lowest BCUT2D eigenvalue weighted by molar-refractivity contribution is -0.138. The predicted octanol–water partition coefficient (Wildman–Crippen LogP) is 5.83. The molecule has 0 aromatic heterocycles. The summed E-state index contributed by atoms with van der Waals surface area (Å²) in [6.07, 6.45) is -2.17. The van der Waals surface area contributed by atoms with Gasteiger partial charge in [-0.1, -0.05) is 30.2 Å². The van der Waals surface area contributed by atoms with Gasteiger partial charge < -0.3 is 10.2 Å². The summed E-state index contributed by atoms with van der Waals surface area (Å²) in [6, 6.07) is 11.2. The molecule has 2 aromatic carbocycles. The Balaban J connectivity index is 1.22. The number of amides is 4. The van der Waals surface area contributed by atoms with E-state index in [1.807, 2.05) is 0 Å². The van der Waals surface area contributed by atoms with Crippen molar-refractivity contribution in [1.29, 1.82) is 5.26 Å². The first kappa shape index (κ1) is 30.1. The maximum absolute atomic E-state index is 13.4. The van der Waals surface area contributed by atoms with Crippen LogP contribution >= 0.6 is 11.6 Å². The van der Waals surface area contributed by atoms with Crippen molar-refractivity contribution in [3.8, 4) is 6.07 Å². The monoisotopic (exact) mass is 587 g/mol. The molecule has 0 atom stereocenters. The van der Waals surface area contributed by atoms with E-state index in [1.54, 1.807) is 29.2 Å². The van der Waals surface area contributed by atoms with Crippen LogP contribution in [0.15, 0.2) is 53.6 Å². The first-order valence-electron chi connectivity index (χ1n) is 13.2. The zero-order chi connectivity index (χ0) is 29.7. The number of hydrogen-bond acceptors (Lipinski definition) is 5. The van der Waals surface area contributed by atoms with Crippen LogP contribution in [0.1, 0.15) is 43.7 Å². The number of carbonyl (C=O) groups is 3. The van der Waals surface area contributed by atoms with Crippen molar-refractivity contribution in [2.75, 3.05) is 42.9 Å². The zero-order valence-corrected chi connectivity index (χ0v) is 23.2. The largest absolute Gasteiger partial charge is 0.417 e. The summed E-state index contributed by atoms with van der Waals surface area (Å²) in [5, 5.41) is 12.3. The average Bonchev–Trinajstić information content (AvgIpc) is 3.16. The highest BCUT2D eigenvalue weighted by Crippen LogP contribution is 2.37. The number of rotatable bonds is 8. The van der Waals surface area contributed by atoms with Gasteiger partial charge in [-0.2, -0.15) is 18.4 Å². The highest BCUT2D eigenvalue weighted by Gasteiger charge is 2.39. The number of benzene rings is 2. The molecule has 4 amide bonds. The van der Waals surface area contributed by atoms with Gasteiger partial charge in [-0.25, -0.2) is 9.69 Å². The Kier molecular flexibility index (Phi) is 9.35. The molecule has 0 saturated carbocycles. The van der Waals surface area contributed by atoms with Crippen LogP contribution in [-0.2, 0) is 15.8 Å². The van der Waals surface area contributed by atoms with Crippen molar-refractivity contribution in [2.45, 2.75) is 38.8 Å². The van der Waals surface area contributed by atoms with E-state index in [-0.39, 0.29) is 17.3 Å². The molecule has 2 aromatic rings. The molecule has 0 unspecified atom stereocenters. The van der Waals surface area contributed by atoms with Crippen LogP contribution in [0.25, 0.3) is 0 Å². The minimum Gasteiger partial charge on any atom is -0.322 e. The fourth-order valence-corrected chi connectivity index (χ4v) is 5.15. The van der Waals surface area contributed by atoms with Gasteiger partial charge in [-0.15, -0.1) is 0 Å². The van der Waals surface area contributed by atoms with E-state index in [1.165, 1.54) is 19.1 Å². The second kappa shape index (κ2) is 12.7. The smallest absolute Gasteiger partial charge is 0.322 e. The molecule has 2 aliphatic heterocycles. The van der Waals surface area contributed by atoms with Crippen LogP contribution in [0.5, 0.6) is 0 Å². The molecule has 0 aliphatic carbocycles. The third-order valence-electron chi connectivity index (χ3n) is 7.30. The summed E-state index contributed by atoms with van der Waals surface area (Å²) in [4.78, 5) is 43.1. The topological polar surface area (TPSA) is 96.8 Å². The number of piperazine rings is 1. The predicted molar refractivity (Wildman–Crippen MR) is 148 cm³/mol. The molecule has 0 radical (unpaired) electrons. The Bertz CT molecular complexity index is 1410. The number of nitrogens with one attached hydrogen (secondary N) is 1. The number of anilines is 2. The minimum atomic E-state index is -4.80. The lowest BCUT2D eigenvalue weighted by Gasteiger charge is -2.34. The van der Waals surface area contributed by atoms with Gasteiger partial charge in [-0.05, 0) is 63.1 Å².